The maximum absolute atomic E-state index is 10.4. The van der Waals surface area contributed by atoms with Gasteiger partial charge in [-0.1, -0.05) is 0 Å². The van der Waals surface area contributed by atoms with Crippen LogP contribution in [0.25, 0.3) is 0 Å². The highest BCUT2D eigenvalue weighted by molar-refractivity contribution is 9.10. The van der Waals surface area contributed by atoms with Crippen LogP contribution in [0.2, 0.25) is 0 Å². The van der Waals surface area contributed by atoms with Crippen LogP contribution in [0.5, 0.6) is 0 Å². The zero-order valence-electron chi connectivity index (χ0n) is 5.71. The molecule has 1 amide bonds. The molecule has 11 heavy (non-hydrogen) atoms. The molecule has 0 fully saturated rings. The van der Waals surface area contributed by atoms with E-state index in [4.69, 9.17) is 5.73 Å². The largest absolute Gasteiger partial charge is 0.370 e. The second-order valence-corrected chi connectivity index (χ2v) is 3.79. The fourth-order valence-electron chi connectivity index (χ4n) is 0.633. The molecule has 2 N–H and O–H groups in total. The number of nitrogens with zero attached hydrogens (tertiary/aromatic N) is 1. The molecule has 0 aliphatic heterocycles. The molecule has 0 aliphatic rings. The normalized spacial score (nSPS) is 9.91. The number of hydrogen-bond donors (Lipinski definition) is 1. The maximum Gasteiger partial charge on any atom is 0.217 e. The fraction of sp³-hybridized carbons (Fsp3) is 0.333. The van der Waals surface area contributed by atoms with Crippen molar-refractivity contribution in [1.82, 2.24) is 4.98 Å². The smallest absolute Gasteiger partial charge is 0.217 e. The van der Waals surface area contributed by atoms with Crippen molar-refractivity contribution in [1.29, 1.82) is 0 Å². The first kappa shape index (κ1) is 8.67. The van der Waals surface area contributed by atoms with E-state index in [-0.39, 0.29) is 5.91 Å². The monoisotopic (exact) mass is 234 g/mol. The number of hydrogen-bond acceptors (Lipinski definition) is 3. The summed E-state index contributed by atoms with van der Waals surface area (Å²) in [5.41, 5.74) is 4.97. The number of nitrogens with two attached hydrogens (primary N) is 1. The molecule has 0 bridgehead atoms. The first-order valence-corrected chi connectivity index (χ1v) is 4.74. The minimum Gasteiger partial charge on any atom is -0.370 e. The van der Waals surface area contributed by atoms with Crippen LogP contribution in [0, 0.1) is 0 Å². The minimum absolute atomic E-state index is 0.281. The van der Waals surface area contributed by atoms with Gasteiger partial charge in [-0.25, -0.2) is 4.98 Å². The minimum atomic E-state index is -0.281. The first-order chi connectivity index (χ1) is 5.18. The van der Waals surface area contributed by atoms with E-state index in [1.165, 1.54) is 11.3 Å². The highest BCUT2D eigenvalue weighted by Crippen LogP contribution is 2.15. The Morgan fingerprint density at radius 3 is 3.00 bits per heavy atom. The van der Waals surface area contributed by atoms with E-state index >= 15 is 0 Å². The SMILES string of the molecule is NC(=O)CCc1nc(Br)cs1. The van der Waals surface area contributed by atoms with Crippen molar-refractivity contribution < 1.29 is 4.79 Å². The topological polar surface area (TPSA) is 56.0 Å². The molecule has 1 rings (SSSR count). The van der Waals surface area contributed by atoms with Gasteiger partial charge in [-0.05, 0) is 15.9 Å². The van der Waals surface area contributed by atoms with Crippen LogP contribution >= 0.6 is 27.3 Å². The Morgan fingerprint density at radius 1 is 1.82 bits per heavy atom. The Kier molecular flexibility index (Phi) is 3.02. The van der Waals surface area contributed by atoms with E-state index in [0.717, 1.165) is 9.61 Å². The Balaban J connectivity index is 2.45. The van der Waals surface area contributed by atoms with E-state index in [1.807, 2.05) is 5.38 Å². The zero-order chi connectivity index (χ0) is 8.27. The summed E-state index contributed by atoms with van der Waals surface area (Å²) in [7, 11) is 0. The summed E-state index contributed by atoms with van der Waals surface area (Å²) in [5.74, 6) is -0.281. The molecule has 1 heterocycles. The molecular formula is C6H7BrN2OS. The molecule has 1 aromatic heterocycles. The number of rotatable bonds is 3. The molecule has 0 spiro atoms. The van der Waals surface area contributed by atoms with Gasteiger partial charge in [0.05, 0.1) is 5.01 Å². The Morgan fingerprint density at radius 2 is 2.55 bits per heavy atom. The Bertz CT molecular complexity index is 261. The van der Waals surface area contributed by atoms with Crippen LogP contribution in [-0.2, 0) is 11.2 Å². The van der Waals surface area contributed by atoms with Gasteiger partial charge in [0.25, 0.3) is 0 Å². The average Bonchev–Trinajstić information content (AvgIpc) is 2.31. The van der Waals surface area contributed by atoms with Gasteiger partial charge in [-0.2, -0.15) is 0 Å². The molecule has 0 radical (unpaired) electrons. The first-order valence-electron chi connectivity index (χ1n) is 3.06. The predicted molar refractivity (Wildman–Crippen MR) is 47.3 cm³/mol. The molecule has 5 heteroatoms. The maximum atomic E-state index is 10.4. The lowest BCUT2D eigenvalue weighted by Crippen LogP contribution is -2.10. The van der Waals surface area contributed by atoms with Crippen molar-refractivity contribution >= 4 is 33.2 Å². The second kappa shape index (κ2) is 3.82. The lowest BCUT2D eigenvalue weighted by Gasteiger charge is -1.89. The third-order valence-corrected chi connectivity index (χ3v) is 2.73. The lowest BCUT2D eigenvalue weighted by atomic mass is 10.3. The highest BCUT2D eigenvalue weighted by atomic mass is 79.9. The van der Waals surface area contributed by atoms with Crippen LogP contribution in [0.15, 0.2) is 9.98 Å². The summed E-state index contributed by atoms with van der Waals surface area (Å²) in [6, 6.07) is 0. The van der Waals surface area contributed by atoms with Gasteiger partial charge >= 0.3 is 0 Å². The molecule has 0 atom stereocenters. The van der Waals surface area contributed by atoms with Gasteiger partial charge in [0.15, 0.2) is 0 Å². The van der Waals surface area contributed by atoms with Crippen LogP contribution in [0.3, 0.4) is 0 Å². The predicted octanol–water partition coefficient (Wildman–Crippen LogP) is 1.32. The number of aromatic nitrogens is 1. The van der Waals surface area contributed by atoms with E-state index < -0.39 is 0 Å². The number of thiazole rings is 1. The number of carbonyl (C=O) groups is 1. The van der Waals surface area contributed by atoms with Gasteiger partial charge in [0.2, 0.25) is 5.91 Å². The van der Waals surface area contributed by atoms with Gasteiger partial charge in [-0.15, -0.1) is 11.3 Å². The summed E-state index contributed by atoms with van der Waals surface area (Å²) in [5, 5.41) is 2.83. The van der Waals surface area contributed by atoms with Gasteiger partial charge in [0, 0.05) is 18.2 Å². The third-order valence-electron chi connectivity index (χ3n) is 1.11. The molecule has 0 aromatic carbocycles. The van der Waals surface area contributed by atoms with Crippen molar-refractivity contribution in [3.05, 3.63) is 15.0 Å². The van der Waals surface area contributed by atoms with E-state index in [1.54, 1.807) is 0 Å². The van der Waals surface area contributed by atoms with Crippen molar-refractivity contribution in [2.75, 3.05) is 0 Å². The van der Waals surface area contributed by atoms with Crippen LogP contribution in [0.1, 0.15) is 11.4 Å². The van der Waals surface area contributed by atoms with Crippen molar-refractivity contribution in [3.63, 3.8) is 0 Å². The Hall–Kier alpha value is -0.420. The molecular weight excluding hydrogens is 228 g/mol. The molecule has 1 aromatic rings. The van der Waals surface area contributed by atoms with Crippen LogP contribution in [0.4, 0.5) is 0 Å². The number of primary amides is 1. The van der Waals surface area contributed by atoms with E-state index in [0.29, 0.717) is 12.8 Å². The quantitative estimate of drug-likeness (QED) is 0.858. The fourth-order valence-corrected chi connectivity index (χ4v) is 1.90. The summed E-state index contributed by atoms with van der Waals surface area (Å²) in [6.45, 7) is 0. The average molecular weight is 235 g/mol. The van der Waals surface area contributed by atoms with Crippen LogP contribution in [-0.4, -0.2) is 10.9 Å². The second-order valence-electron chi connectivity index (χ2n) is 2.03. The number of carbonyl (C=O) groups excluding carboxylic acids is 1. The van der Waals surface area contributed by atoms with Crippen molar-refractivity contribution in [2.24, 2.45) is 5.73 Å². The molecule has 3 nitrogen and oxygen atoms in total. The van der Waals surface area contributed by atoms with E-state index in [9.17, 15) is 4.79 Å². The summed E-state index contributed by atoms with van der Waals surface area (Å²) in [4.78, 5) is 14.5. The molecule has 0 aliphatic carbocycles. The van der Waals surface area contributed by atoms with Gasteiger partial charge in [0.1, 0.15) is 4.60 Å². The van der Waals surface area contributed by atoms with E-state index in [2.05, 4.69) is 20.9 Å². The zero-order valence-corrected chi connectivity index (χ0v) is 8.11. The molecule has 60 valence electrons. The summed E-state index contributed by atoms with van der Waals surface area (Å²) in [6.07, 6.45) is 1.02. The van der Waals surface area contributed by atoms with Gasteiger partial charge < -0.3 is 5.73 Å². The summed E-state index contributed by atoms with van der Waals surface area (Å²) < 4.78 is 0.821. The number of aryl methyl sites for hydroxylation is 1. The van der Waals surface area contributed by atoms with Gasteiger partial charge in [-0.3, -0.25) is 4.79 Å². The standard InChI is InChI=1S/C6H7BrN2OS/c7-4-3-11-6(9-4)2-1-5(8)10/h3H,1-2H2,(H2,8,10). The number of amides is 1. The molecule has 0 saturated heterocycles. The number of halogens is 1. The van der Waals surface area contributed by atoms with Crippen LogP contribution < -0.4 is 5.73 Å². The molecule has 0 saturated carbocycles. The molecule has 0 unspecified atom stereocenters. The lowest BCUT2D eigenvalue weighted by molar-refractivity contribution is -0.117. The third kappa shape index (κ3) is 2.98. The highest BCUT2D eigenvalue weighted by Gasteiger charge is 2.00. The van der Waals surface area contributed by atoms with Crippen molar-refractivity contribution in [2.45, 2.75) is 12.8 Å². The van der Waals surface area contributed by atoms with Crippen molar-refractivity contribution in [3.8, 4) is 0 Å². The Labute approximate surface area is 76.8 Å². The summed E-state index contributed by atoms with van der Waals surface area (Å²) >= 11 is 4.75.